The minimum absolute atomic E-state index is 0.104. The van der Waals surface area contributed by atoms with E-state index >= 15 is 0 Å². The van der Waals surface area contributed by atoms with Gasteiger partial charge in [0.15, 0.2) is 5.82 Å². The van der Waals surface area contributed by atoms with Crippen LogP contribution in [-0.2, 0) is 14.3 Å². The Morgan fingerprint density at radius 2 is 2.21 bits per heavy atom. The number of hydrogen-bond donors (Lipinski definition) is 1. The molecule has 4 rings (SSSR count). The number of fused-ring (bicyclic) bond motifs is 1. The molecule has 28 heavy (non-hydrogen) atoms. The average Bonchev–Trinajstić information content (AvgIpc) is 3.43. The number of nitrogens with one attached hydrogen (secondary N) is 1. The molecule has 152 valence electrons. The second kappa shape index (κ2) is 7.33. The van der Waals surface area contributed by atoms with Gasteiger partial charge in [0, 0.05) is 12.6 Å². The van der Waals surface area contributed by atoms with Gasteiger partial charge >= 0.3 is 0 Å². The summed E-state index contributed by atoms with van der Waals surface area (Å²) in [6.07, 6.45) is 4.41. The van der Waals surface area contributed by atoms with Gasteiger partial charge in [-0.05, 0) is 33.0 Å². The summed E-state index contributed by atoms with van der Waals surface area (Å²) in [7, 11) is 0. The van der Waals surface area contributed by atoms with Crippen LogP contribution in [0.4, 0.5) is 5.82 Å². The van der Waals surface area contributed by atoms with Crippen molar-refractivity contribution in [1.29, 1.82) is 0 Å². The number of ether oxygens (including phenoxy) is 1. The van der Waals surface area contributed by atoms with E-state index in [1.54, 1.807) is 17.9 Å². The summed E-state index contributed by atoms with van der Waals surface area (Å²) >= 11 is 0. The molecule has 2 amide bonds. The predicted octanol–water partition coefficient (Wildman–Crippen LogP) is 1.12. The Morgan fingerprint density at radius 3 is 2.89 bits per heavy atom. The Hall–Kier alpha value is -2.19. The number of hydrogen-bond acceptors (Lipinski definition) is 6. The minimum atomic E-state index is -0.738. The average molecular weight is 388 g/mol. The zero-order valence-electron chi connectivity index (χ0n) is 16.7. The Kier molecular flexibility index (Phi) is 5.01. The highest BCUT2D eigenvalue weighted by Crippen LogP contribution is 2.52. The molecule has 8 heteroatoms. The van der Waals surface area contributed by atoms with Gasteiger partial charge < -0.3 is 19.5 Å². The van der Waals surface area contributed by atoms with Crippen LogP contribution in [0, 0.1) is 18.8 Å². The molecule has 8 nitrogen and oxygen atoms in total. The normalized spacial score (nSPS) is 30.5. The van der Waals surface area contributed by atoms with Gasteiger partial charge in [0.2, 0.25) is 11.8 Å². The quantitative estimate of drug-likeness (QED) is 0.530. The van der Waals surface area contributed by atoms with Crippen LogP contribution in [-0.4, -0.2) is 66.3 Å². The highest BCUT2D eigenvalue weighted by molar-refractivity contribution is 6.02. The van der Waals surface area contributed by atoms with Crippen molar-refractivity contribution in [3.63, 3.8) is 0 Å². The lowest BCUT2D eigenvalue weighted by molar-refractivity contribution is -0.131. The monoisotopic (exact) mass is 388 g/mol. The highest BCUT2D eigenvalue weighted by atomic mass is 16.5. The standard InChI is InChI=1S/C20H28N4O4/c1-4-23(5-2)10-6-9-21-18(25)16-14-7-8-20(27-14)12-24(19(26)17(16)20)15-11-13(3)28-22-15/h7-8,11,14,16-17H,4-6,9-10,12H2,1-3H3,(H,21,25)/t14-,16?,17?,20-/m1/s1. The van der Waals surface area contributed by atoms with E-state index in [1.165, 1.54) is 0 Å². The van der Waals surface area contributed by atoms with Gasteiger partial charge in [-0.1, -0.05) is 31.2 Å². The van der Waals surface area contributed by atoms with Crippen LogP contribution in [0.3, 0.4) is 0 Å². The van der Waals surface area contributed by atoms with E-state index in [2.05, 4.69) is 29.2 Å². The number of carbonyl (C=O) groups excluding carboxylic acids is 2. The SMILES string of the molecule is CCN(CC)CCCNC(=O)C1C2C(=O)N(c3cc(C)on3)C[C@]23C=C[C@H]1O3. The molecule has 0 radical (unpaired) electrons. The molecule has 1 aromatic rings. The van der Waals surface area contributed by atoms with Crippen molar-refractivity contribution < 1.29 is 18.8 Å². The van der Waals surface area contributed by atoms with E-state index in [1.807, 2.05) is 12.2 Å². The number of carbonyl (C=O) groups is 2. The van der Waals surface area contributed by atoms with E-state index in [0.717, 1.165) is 26.1 Å². The van der Waals surface area contributed by atoms with Crippen LogP contribution in [0.1, 0.15) is 26.0 Å². The molecule has 1 N–H and O–H groups in total. The summed E-state index contributed by atoms with van der Waals surface area (Å²) in [6, 6.07) is 1.73. The van der Waals surface area contributed by atoms with Gasteiger partial charge in [0.05, 0.1) is 24.5 Å². The first kappa shape index (κ1) is 19.1. The number of amides is 2. The molecule has 4 heterocycles. The van der Waals surface area contributed by atoms with E-state index < -0.39 is 17.4 Å². The van der Waals surface area contributed by atoms with Crippen LogP contribution in [0.15, 0.2) is 22.7 Å². The maximum absolute atomic E-state index is 13.1. The first-order valence-corrected chi connectivity index (χ1v) is 10.1. The number of anilines is 1. The third-order valence-corrected chi connectivity index (χ3v) is 6.14. The molecule has 2 bridgehead atoms. The van der Waals surface area contributed by atoms with Gasteiger partial charge in [-0.3, -0.25) is 14.5 Å². The van der Waals surface area contributed by atoms with Crippen LogP contribution in [0.5, 0.6) is 0 Å². The summed E-state index contributed by atoms with van der Waals surface area (Å²) in [4.78, 5) is 29.9. The third-order valence-electron chi connectivity index (χ3n) is 6.14. The summed E-state index contributed by atoms with van der Waals surface area (Å²) in [5, 5.41) is 6.98. The fraction of sp³-hybridized carbons (Fsp3) is 0.650. The van der Waals surface area contributed by atoms with Gasteiger partial charge in [-0.2, -0.15) is 0 Å². The maximum Gasteiger partial charge on any atom is 0.235 e. The van der Waals surface area contributed by atoms with Crippen molar-refractivity contribution >= 4 is 17.6 Å². The molecule has 0 aliphatic carbocycles. The van der Waals surface area contributed by atoms with Crippen molar-refractivity contribution in [2.75, 3.05) is 37.6 Å². The Morgan fingerprint density at radius 1 is 1.43 bits per heavy atom. The van der Waals surface area contributed by atoms with Crippen LogP contribution < -0.4 is 10.2 Å². The van der Waals surface area contributed by atoms with Crippen molar-refractivity contribution in [2.24, 2.45) is 11.8 Å². The molecular weight excluding hydrogens is 360 g/mol. The zero-order valence-corrected chi connectivity index (χ0v) is 16.7. The zero-order chi connectivity index (χ0) is 19.9. The Balaban J connectivity index is 1.42. The second-order valence-corrected chi connectivity index (χ2v) is 7.79. The molecule has 4 atom stereocenters. The molecule has 3 aliphatic heterocycles. The predicted molar refractivity (Wildman–Crippen MR) is 103 cm³/mol. The van der Waals surface area contributed by atoms with Crippen LogP contribution >= 0.6 is 0 Å². The van der Waals surface area contributed by atoms with Crippen molar-refractivity contribution in [2.45, 2.75) is 38.9 Å². The smallest absolute Gasteiger partial charge is 0.235 e. The molecular formula is C20H28N4O4. The molecule has 2 unspecified atom stereocenters. The molecule has 3 aliphatic rings. The maximum atomic E-state index is 13.1. The second-order valence-electron chi connectivity index (χ2n) is 7.79. The first-order chi connectivity index (χ1) is 13.5. The lowest BCUT2D eigenvalue weighted by Gasteiger charge is -2.23. The third kappa shape index (κ3) is 3.04. The summed E-state index contributed by atoms with van der Waals surface area (Å²) in [5.41, 5.74) is -0.738. The van der Waals surface area contributed by atoms with Gasteiger partial charge in [0.1, 0.15) is 11.4 Å². The van der Waals surface area contributed by atoms with Crippen molar-refractivity contribution in [1.82, 2.24) is 15.4 Å². The minimum Gasteiger partial charge on any atom is -0.360 e. The van der Waals surface area contributed by atoms with E-state index in [-0.39, 0.29) is 17.9 Å². The fourth-order valence-corrected chi connectivity index (χ4v) is 4.64. The molecule has 1 spiro atoms. The number of aromatic nitrogens is 1. The lowest BCUT2D eigenvalue weighted by atomic mass is 9.77. The van der Waals surface area contributed by atoms with E-state index in [0.29, 0.717) is 24.7 Å². The summed E-state index contributed by atoms with van der Waals surface area (Å²) in [6.45, 7) is 9.97. The van der Waals surface area contributed by atoms with Crippen LogP contribution in [0.2, 0.25) is 0 Å². The van der Waals surface area contributed by atoms with Crippen molar-refractivity contribution in [3.8, 4) is 0 Å². The van der Waals surface area contributed by atoms with Gasteiger partial charge in [-0.15, -0.1) is 0 Å². The number of nitrogens with zero attached hydrogens (tertiary/aromatic N) is 3. The largest absolute Gasteiger partial charge is 0.360 e. The van der Waals surface area contributed by atoms with Crippen LogP contribution in [0.25, 0.3) is 0 Å². The number of rotatable bonds is 8. The van der Waals surface area contributed by atoms with Gasteiger partial charge in [0.25, 0.3) is 0 Å². The van der Waals surface area contributed by atoms with Gasteiger partial charge in [-0.25, -0.2) is 0 Å². The lowest BCUT2D eigenvalue weighted by Crippen LogP contribution is -2.44. The molecule has 0 saturated carbocycles. The molecule has 1 aromatic heterocycles. The topological polar surface area (TPSA) is 87.9 Å². The van der Waals surface area contributed by atoms with Crippen molar-refractivity contribution in [3.05, 3.63) is 24.0 Å². The summed E-state index contributed by atoms with van der Waals surface area (Å²) in [5.74, 6) is -0.118. The Bertz CT molecular complexity index is 787. The molecule has 0 aromatic carbocycles. The molecule has 2 saturated heterocycles. The van der Waals surface area contributed by atoms with E-state index in [4.69, 9.17) is 9.26 Å². The highest BCUT2D eigenvalue weighted by Gasteiger charge is 2.67. The summed E-state index contributed by atoms with van der Waals surface area (Å²) < 4.78 is 11.2. The number of aryl methyl sites for hydroxylation is 1. The molecule has 2 fully saturated rings. The fourth-order valence-electron chi connectivity index (χ4n) is 4.64. The van der Waals surface area contributed by atoms with E-state index in [9.17, 15) is 9.59 Å². The Labute approximate surface area is 164 Å². The first-order valence-electron chi connectivity index (χ1n) is 10.1.